The van der Waals surface area contributed by atoms with E-state index >= 15 is 0 Å². The normalized spacial score (nSPS) is 11.2. The highest BCUT2D eigenvalue weighted by Gasteiger charge is 2.21. The predicted molar refractivity (Wildman–Crippen MR) is 82.4 cm³/mol. The zero-order chi connectivity index (χ0) is 16.3. The molecule has 2 rings (SSSR count). The van der Waals surface area contributed by atoms with Crippen LogP contribution in [0.15, 0.2) is 52.3 Å². The largest absolute Gasteiger partial charge is 0.478 e. The molecule has 2 N–H and O–H groups in total. The first-order valence-electron chi connectivity index (χ1n) is 6.03. The van der Waals surface area contributed by atoms with Crippen LogP contribution in [0.4, 0.5) is 10.1 Å². The second-order valence-corrected chi connectivity index (χ2v) is 6.82. The van der Waals surface area contributed by atoms with Crippen molar-refractivity contribution >= 4 is 33.4 Å². The average molecular weight is 341 g/mol. The van der Waals surface area contributed by atoms with Crippen LogP contribution in [0.1, 0.15) is 10.4 Å². The highest BCUT2D eigenvalue weighted by Crippen LogP contribution is 2.23. The minimum absolute atomic E-state index is 0.270. The Hall–Kier alpha value is -2.06. The van der Waals surface area contributed by atoms with Gasteiger partial charge in [-0.1, -0.05) is 6.07 Å². The van der Waals surface area contributed by atoms with Crippen molar-refractivity contribution in [3.8, 4) is 0 Å². The quantitative estimate of drug-likeness (QED) is 0.817. The topological polar surface area (TPSA) is 83.5 Å². The van der Waals surface area contributed by atoms with E-state index < -0.39 is 26.7 Å². The van der Waals surface area contributed by atoms with Crippen molar-refractivity contribution in [1.29, 1.82) is 0 Å². The number of nitrogens with one attached hydrogen (secondary N) is 1. The zero-order valence-corrected chi connectivity index (χ0v) is 13.0. The van der Waals surface area contributed by atoms with Crippen molar-refractivity contribution in [3.05, 3.63) is 53.8 Å². The third-order valence-corrected chi connectivity index (χ3v) is 4.91. The molecule has 0 unspecified atom stereocenters. The summed E-state index contributed by atoms with van der Waals surface area (Å²) in [5, 5.41) is 8.88. The van der Waals surface area contributed by atoms with Gasteiger partial charge in [-0.2, -0.15) is 0 Å². The van der Waals surface area contributed by atoms with E-state index in [2.05, 4.69) is 4.72 Å². The standard InChI is InChI=1S/C14H12FNO4S2/c1-21-11-4-2-3-10(8-11)16-22(19,20)13-7-9(14(17)18)5-6-12(13)15/h2-8,16H,1H3,(H,17,18). The van der Waals surface area contributed by atoms with Gasteiger partial charge >= 0.3 is 5.97 Å². The Morgan fingerprint density at radius 3 is 2.59 bits per heavy atom. The number of carboxylic acids is 1. The Bertz CT molecular complexity index is 821. The Balaban J connectivity index is 2.42. The SMILES string of the molecule is CSc1cccc(NS(=O)(=O)c2cc(C(=O)O)ccc2F)c1. The van der Waals surface area contributed by atoms with Crippen LogP contribution in [0.25, 0.3) is 0 Å². The summed E-state index contributed by atoms with van der Waals surface area (Å²) in [7, 11) is -4.22. The number of hydrogen-bond acceptors (Lipinski definition) is 4. The number of carbonyl (C=O) groups is 1. The summed E-state index contributed by atoms with van der Waals surface area (Å²) in [5.41, 5.74) is -0.0355. The summed E-state index contributed by atoms with van der Waals surface area (Å²) in [6, 6.07) is 9.19. The van der Waals surface area contributed by atoms with Crippen LogP contribution >= 0.6 is 11.8 Å². The Morgan fingerprint density at radius 1 is 1.23 bits per heavy atom. The molecular formula is C14H12FNO4S2. The molecule has 22 heavy (non-hydrogen) atoms. The summed E-state index contributed by atoms with van der Waals surface area (Å²) in [4.78, 5) is 11.0. The molecule has 2 aromatic carbocycles. The molecule has 0 aliphatic carbocycles. The molecule has 0 saturated carbocycles. The number of thioether (sulfide) groups is 1. The highest BCUT2D eigenvalue weighted by molar-refractivity contribution is 7.98. The first-order valence-corrected chi connectivity index (χ1v) is 8.74. The van der Waals surface area contributed by atoms with Crippen LogP contribution in [-0.4, -0.2) is 25.7 Å². The number of anilines is 1. The van der Waals surface area contributed by atoms with Crippen LogP contribution in [0, 0.1) is 5.82 Å². The lowest BCUT2D eigenvalue weighted by Gasteiger charge is -2.10. The third kappa shape index (κ3) is 3.58. The third-order valence-electron chi connectivity index (χ3n) is 2.79. The number of rotatable bonds is 5. The molecule has 0 aliphatic rings. The van der Waals surface area contributed by atoms with Gasteiger partial charge in [-0.3, -0.25) is 4.72 Å². The fourth-order valence-electron chi connectivity index (χ4n) is 1.74. The van der Waals surface area contributed by atoms with Crippen molar-refractivity contribution in [2.75, 3.05) is 11.0 Å². The van der Waals surface area contributed by atoms with Gasteiger partial charge in [-0.25, -0.2) is 17.6 Å². The van der Waals surface area contributed by atoms with Gasteiger partial charge < -0.3 is 5.11 Å². The molecular weight excluding hydrogens is 329 g/mol. The number of carboxylic acid groups (broad SMARTS) is 1. The summed E-state index contributed by atoms with van der Waals surface area (Å²) >= 11 is 1.43. The highest BCUT2D eigenvalue weighted by atomic mass is 32.2. The molecule has 116 valence electrons. The molecule has 0 saturated heterocycles. The van der Waals surface area contributed by atoms with Crippen molar-refractivity contribution in [3.63, 3.8) is 0 Å². The van der Waals surface area contributed by atoms with Crippen LogP contribution in [0.2, 0.25) is 0 Å². The smallest absolute Gasteiger partial charge is 0.335 e. The van der Waals surface area contributed by atoms with E-state index in [0.29, 0.717) is 0 Å². The van der Waals surface area contributed by atoms with Crippen LogP contribution < -0.4 is 4.72 Å². The van der Waals surface area contributed by atoms with E-state index in [0.717, 1.165) is 23.1 Å². The van der Waals surface area contributed by atoms with Crippen LogP contribution in [0.5, 0.6) is 0 Å². The number of benzene rings is 2. The number of hydrogen-bond donors (Lipinski definition) is 2. The second kappa shape index (κ2) is 6.37. The first kappa shape index (κ1) is 16.3. The van der Waals surface area contributed by atoms with E-state index in [9.17, 15) is 17.6 Å². The lowest BCUT2D eigenvalue weighted by Crippen LogP contribution is -2.15. The van der Waals surface area contributed by atoms with Crippen LogP contribution in [0.3, 0.4) is 0 Å². The minimum atomic E-state index is -4.22. The summed E-state index contributed by atoms with van der Waals surface area (Å²) in [6.45, 7) is 0. The molecule has 0 heterocycles. The van der Waals surface area contributed by atoms with Gasteiger partial charge in [0.15, 0.2) is 0 Å². The Labute approximate surface area is 131 Å². The number of sulfonamides is 1. The Morgan fingerprint density at radius 2 is 1.95 bits per heavy atom. The van der Waals surface area contributed by atoms with E-state index in [1.165, 1.54) is 17.8 Å². The summed E-state index contributed by atoms with van der Waals surface area (Å²) in [5.74, 6) is -2.35. The summed E-state index contributed by atoms with van der Waals surface area (Å²) in [6.07, 6.45) is 1.84. The van der Waals surface area contributed by atoms with Gasteiger partial charge in [0.2, 0.25) is 0 Å². The molecule has 5 nitrogen and oxygen atoms in total. The first-order chi connectivity index (χ1) is 10.3. The van der Waals surface area contributed by atoms with Crippen molar-refractivity contribution in [2.24, 2.45) is 0 Å². The van der Waals surface area contributed by atoms with Gasteiger partial charge in [0, 0.05) is 10.6 Å². The lowest BCUT2D eigenvalue weighted by atomic mass is 10.2. The molecule has 0 atom stereocenters. The predicted octanol–water partition coefficient (Wildman–Crippen LogP) is 3.05. The van der Waals surface area contributed by atoms with Crippen LogP contribution in [-0.2, 0) is 10.0 Å². The monoisotopic (exact) mass is 341 g/mol. The maximum atomic E-state index is 13.8. The fraction of sp³-hybridized carbons (Fsp3) is 0.0714. The maximum absolute atomic E-state index is 13.8. The van der Waals surface area contributed by atoms with E-state index in [4.69, 9.17) is 5.11 Å². The van der Waals surface area contributed by atoms with Gasteiger partial charge in [-0.15, -0.1) is 11.8 Å². The molecule has 0 aliphatic heterocycles. The van der Waals surface area contributed by atoms with Gasteiger partial charge in [0.25, 0.3) is 10.0 Å². The lowest BCUT2D eigenvalue weighted by molar-refractivity contribution is 0.0696. The molecule has 0 bridgehead atoms. The second-order valence-electron chi connectivity index (χ2n) is 4.29. The molecule has 0 aromatic heterocycles. The van der Waals surface area contributed by atoms with Crippen molar-refractivity contribution in [2.45, 2.75) is 9.79 Å². The molecule has 8 heteroatoms. The van der Waals surface area contributed by atoms with Gasteiger partial charge in [0.1, 0.15) is 10.7 Å². The molecule has 2 aromatic rings. The summed E-state index contributed by atoms with van der Waals surface area (Å²) < 4.78 is 40.5. The van der Waals surface area contributed by atoms with E-state index in [-0.39, 0.29) is 11.3 Å². The maximum Gasteiger partial charge on any atom is 0.335 e. The molecule has 0 fully saturated rings. The fourth-order valence-corrected chi connectivity index (χ4v) is 3.35. The number of aromatic carboxylic acids is 1. The van der Waals surface area contributed by atoms with E-state index in [1.807, 2.05) is 6.26 Å². The zero-order valence-electron chi connectivity index (χ0n) is 11.4. The van der Waals surface area contributed by atoms with E-state index in [1.54, 1.807) is 18.2 Å². The molecule has 0 spiro atoms. The van der Waals surface area contributed by atoms with Crippen molar-refractivity contribution in [1.82, 2.24) is 0 Å². The number of halogens is 1. The van der Waals surface area contributed by atoms with Gasteiger partial charge in [-0.05, 0) is 42.7 Å². The Kier molecular flexibility index (Phi) is 4.72. The average Bonchev–Trinajstić information content (AvgIpc) is 2.47. The minimum Gasteiger partial charge on any atom is -0.478 e. The van der Waals surface area contributed by atoms with Gasteiger partial charge in [0.05, 0.1) is 5.56 Å². The van der Waals surface area contributed by atoms with Crippen molar-refractivity contribution < 1.29 is 22.7 Å². The molecule has 0 amide bonds. The molecule has 0 radical (unpaired) electrons.